The summed E-state index contributed by atoms with van der Waals surface area (Å²) in [4.78, 5) is 47.3. The molecule has 0 saturated carbocycles. The minimum atomic E-state index is -5.74. The number of anilines is 1. The van der Waals surface area contributed by atoms with Crippen molar-refractivity contribution in [3.63, 3.8) is 0 Å². The first kappa shape index (κ1) is 25.2. The number of hydrogen-bond acceptors (Lipinski definition) is 12. The normalized spacial score (nSPS) is 30.3. The molecule has 0 radical (unpaired) electrons. The molecule has 0 aromatic carbocycles. The van der Waals surface area contributed by atoms with Crippen LogP contribution in [-0.2, 0) is 37.3 Å². The lowest BCUT2D eigenvalue weighted by Gasteiger charge is -2.28. The van der Waals surface area contributed by atoms with Crippen LogP contribution >= 0.6 is 23.5 Å². The van der Waals surface area contributed by atoms with Gasteiger partial charge in [-0.05, 0) is 6.92 Å². The number of ether oxygens (including phenoxy) is 1. The molecule has 0 aliphatic carbocycles. The maximum Gasteiger partial charge on any atom is 0.490 e. The van der Waals surface area contributed by atoms with E-state index in [0.29, 0.717) is 0 Å². The summed E-state index contributed by atoms with van der Waals surface area (Å²) in [6.45, 7) is 0.162. The lowest BCUT2D eigenvalue weighted by atomic mass is 10.1. The Morgan fingerprint density at radius 3 is 2.47 bits per heavy atom. The number of nitrogens with zero attached hydrogens (tertiary/aromatic N) is 4. The third-order valence-corrected chi connectivity index (χ3v) is 8.04. The van der Waals surface area contributed by atoms with Gasteiger partial charge in [-0.2, -0.15) is 8.62 Å². The number of halogens is 1. The highest BCUT2D eigenvalue weighted by atomic mass is 31.3. The Hall–Kier alpha value is -1.39. The van der Waals surface area contributed by atoms with Gasteiger partial charge in [0, 0.05) is 0 Å². The number of nitrogens with two attached hydrogens (primary N) is 1. The fourth-order valence-electron chi connectivity index (χ4n) is 2.92. The quantitative estimate of drug-likeness (QED) is 0.239. The van der Waals surface area contributed by atoms with Gasteiger partial charge in [-0.1, -0.05) is 0 Å². The van der Waals surface area contributed by atoms with Gasteiger partial charge >= 0.3 is 23.5 Å². The summed E-state index contributed by atoms with van der Waals surface area (Å²) in [6.07, 6.45) is -3.48. The molecule has 0 amide bonds. The molecular formula is C11H17FN5O12P3. The molecule has 17 nitrogen and oxygen atoms in total. The maximum absolute atomic E-state index is 15.0. The Morgan fingerprint density at radius 2 is 1.84 bits per heavy atom. The molecule has 6 unspecified atom stereocenters. The summed E-state index contributed by atoms with van der Waals surface area (Å²) in [5.41, 5.74) is 3.91. The first-order valence-corrected chi connectivity index (χ1v) is 12.8. The average Bonchev–Trinajstić information content (AvgIpc) is 3.14. The van der Waals surface area contributed by atoms with Crippen molar-refractivity contribution in [3.8, 4) is 0 Å². The summed E-state index contributed by atoms with van der Waals surface area (Å²) < 4.78 is 66.9. The minimum absolute atomic E-state index is 0.00416. The number of hydrogen-bond donors (Lipinski definition) is 6. The number of aliphatic hydroxyl groups is 1. The van der Waals surface area contributed by atoms with Crippen LogP contribution in [0.15, 0.2) is 12.7 Å². The van der Waals surface area contributed by atoms with Crippen LogP contribution in [0.1, 0.15) is 6.92 Å². The van der Waals surface area contributed by atoms with Gasteiger partial charge in [0.25, 0.3) is 0 Å². The van der Waals surface area contributed by atoms with Crippen molar-refractivity contribution in [2.45, 2.75) is 31.0 Å². The van der Waals surface area contributed by atoms with Gasteiger partial charge in [-0.15, -0.1) is 0 Å². The number of aliphatic hydroxyl groups excluding tert-OH is 1. The standard InChI is InChI=1S/C11H17FN5O12P3/c1-11(17-4-16-6-9(13)14-3-15-10(6)17)8(12)7(18)5(27-11)2-26-31(22,23)29-32(24,25)28-30(19,20)21/h3-5,7-8,18H,2H2,1H3,(H,22,23)(H,24,25)(H2,13,14,15)(H2,19,20,21). The Balaban J connectivity index is 1.75. The zero-order valence-electron chi connectivity index (χ0n) is 15.8. The number of nitrogen functional groups attached to an aromatic ring is 1. The zero-order chi connectivity index (χ0) is 24.1. The minimum Gasteiger partial charge on any atom is -0.387 e. The molecule has 1 saturated heterocycles. The van der Waals surface area contributed by atoms with Gasteiger partial charge in [0.2, 0.25) is 0 Å². The Labute approximate surface area is 177 Å². The van der Waals surface area contributed by atoms with E-state index in [1.165, 1.54) is 6.92 Å². The van der Waals surface area contributed by atoms with Gasteiger partial charge in [0.15, 0.2) is 23.4 Å². The van der Waals surface area contributed by atoms with Crippen molar-refractivity contribution in [2.75, 3.05) is 12.3 Å². The first-order chi connectivity index (χ1) is 14.5. The summed E-state index contributed by atoms with van der Waals surface area (Å²) in [5, 5.41) is 10.2. The molecular weight excluding hydrogens is 506 g/mol. The average molecular weight is 523 g/mol. The molecule has 6 atom stereocenters. The highest BCUT2D eigenvalue weighted by molar-refractivity contribution is 7.66. The topological polar surface area (TPSA) is 259 Å². The van der Waals surface area contributed by atoms with E-state index in [1.54, 1.807) is 0 Å². The lowest BCUT2D eigenvalue weighted by molar-refractivity contribution is -0.117. The van der Waals surface area contributed by atoms with E-state index < -0.39 is 54.2 Å². The maximum atomic E-state index is 15.0. The predicted octanol–water partition coefficient (Wildman–Crippen LogP) is -0.478. The predicted molar refractivity (Wildman–Crippen MR) is 99.0 cm³/mol. The van der Waals surface area contributed by atoms with E-state index in [-0.39, 0.29) is 17.0 Å². The van der Waals surface area contributed by atoms with Crippen LogP contribution in [0, 0.1) is 0 Å². The molecule has 1 aliphatic rings. The van der Waals surface area contributed by atoms with Gasteiger partial charge < -0.3 is 35.2 Å². The smallest absolute Gasteiger partial charge is 0.387 e. The number of imidazole rings is 1. The van der Waals surface area contributed by atoms with Gasteiger partial charge in [0.1, 0.15) is 24.1 Å². The van der Waals surface area contributed by atoms with E-state index in [4.69, 9.17) is 25.2 Å². The molecule has 1 aliphatic heterocycles. The highest BCUT2D eigenvalue weighted by Gasteiger charge is 2.55. The molecule has 1 fully saturated rings. The van der Waals surface area contributed by atoms with Crippen LogP contribution in [0.25, 0.3) is 11.2 Å². The van der Waals surface area contributed by atoms with E-state index >= 15 is 0 Å². The van der Waals surface area contributed by atoms with Crippen molar-refractivity contribution in [3.05, 3.63) is 12.7 Å². The van der Waals surface area contributed by atoms with Crippen LogP contribution in [-0.4, -0.2) is 69.2 Å². The number of phosphoric acid groups is 3. The first-order valence-electron chi connectivity index (χ1n) is 8.27. The monoisotopic (exact) mass is 523 g/mol. The number of alkyl halides is 1. The number of rotatable bonds is 8. The van der Waals surface area contributed by atoms with E-state index in [1.807, 2.05) is 0 Å². The number of phosphoric ester groups is 1. The molecule has 0 bridgehead atoms. The largest absolute Gasteiger partial charge is 0.490 e. The van der Waals surface area contributed by atoms with Crippen LogP contribution < -0.4 is 5.73 Å². The summed E-state index contributed by atoms with van der Waals surface area (Å²) in [7, 11) is -16.8. The third kappa shape index (κ3) is 5.22. The second-order valence-electron chi connectivity index (χ2n) is 6.54. The Kier molecular flexibility index (Phi) is 6.65. The summed E-state index contributed by atoms with van der Waals surface area (Å²) in [5.74, 6) is -0.00416. The molecule has 3 heterocycles. The van der Waals surface area contributed by atoms with Crippen LogP contribution in [0.3, 0.4) is 0 Å². The molecule has 7 N–H and O–H groups in total. The van der Waals surface area contributed by atoms with Gasteiger partial charge in [-0.25, -0.2) is 33.0 Å². The second-order valence-corrected chi connectivity index (χ2v) is 11.0. The van der Waals surface area contributed by atoms with E-state index in [0.717, 1.165) is 17.2 Å². The molecule has 0 spiro atoms. The SMILES string of the molecule is CC1(n2cnc3c(N)ncnc32)OC(COP(=O)(O)OP(=O)(O)OP(=O)(O)O)C(O)C1F. The third-order valence-electron chi connectivity index (χ3n) is 4.24. The fourth-order valence-corrected chi connectivity index (χ4v) is 5.95. The van der Waals surface area contributed by atoms with Gasteiger partial charge in [0.05, 0.1) is 12.9 Å². The highest BCUT2D eigenvalue weighted by Crippen LogP contribution is 2.66. The molecule has 32 heavy (non-hydrogen) atoms. The van der Waals surface area contributed by atoms with Crippen molar-refractivity contribution in [1.82, 2.24) is 19.5 Å². The number of fused-ring (bicyclic) bond motifs is 1. The van der Waals surface area contributed by atoms with Crippen LogP contribution in [0.4, 0.5) is 10.2 Å². The van der Waals surface area contributed by atoms with Crippen molar-refractivity contribution in [1.29, 1.82) is 0 Å². The summed E-state index contributed by atoms with van der Waals surface area (Å²) in [6, 6.07) is 0. The van der Waals surface area contributed by atoms with Crippen LogP contribution in [0.5, 0.6) is 0 Å². The molecule has 3 rings (SSSR count). The molecule has 2 aromatic heterocycles. The number of aromatic nitrogens is 4. The molecule has 180 valence electrons. The van der Waals surface area contributed by atoms with Crippen molar-refractivity contribution in [2.24, 2.45) is 0 Å². The van der Waals surface area contributed by atoms with E-state index in [2.05, 4.69) is 28.1 Å². The fraction of sp³-hybridized carbons (Fsp3) is 0.545. The van der Waals surface area contributed by atoms with E-state index in [9.17, 15) is 28.1 Å². The van der Waals surface area contributed by atoms with Crippen LogP contribution in [0.2, 0.25) is 0 Å². The Bertz CT molecular complexity index is 1160. The van der Waals surface area contributed by atoms with Crippen molar-refractivity contribution >= 4 is 40.4 Å². The molecule has 21 heteroatoms. The molecule has 2 aromatic rings. The zero-order valence-corrected chi connectivity index (χ0v) is 18.5. The Morgan fingerprint density at radius 1 is 1.19 bits per heavy atom. The summed E-state index contributed by atoms with van der Waals surface area (Å²) >= 11 is 0. The van der Waals surface area contributed by atoms with Gasteiger partial charge in [-0.3, -0.25) is 9.09 Å². The van der Waals surface area contributed by atoms with Crippen molar-refractivity contribution < 1.29 is 60.6 Å². The second kappa shape index (κ2) is 8.43. The lowest BCUT2D eigenvalue weighted by Crippen LogP contribution is -2.40.